The lowest BCUT2D eigenvalue weighted by molar-refractivity contribution is -0.0382. The van der Waals surface area contributed by atoms with Gasteiger partial charge < -0.3 is 10.2 Å². The van der Waals surface area contributed by atoms with Crippen LogP contribution in [0.15, 0.2) is 4.42 Å². The van der Waals surface area contributed by atoms with Gasteiger partial charge >= 0.3 is 0 Å². The molecule has 4 heteroatoms. The third-order valence-electron chi connectivity index (χ3n) is 5.70. The first-order valence-electron chi connectivity index (χ1n) is 7.83. The number of aromatic nitrogens is 2. The molecule has 5 rings (SSSR count). The van der Waals surface area contributed by atoms with E-state index in [9.17, 15) is 0 Å². The maximum atomic E-state index is 5.73. The zero-order valence-electron chi connectivity index (χ0n) is 11.4. The zero-order valence-corrected chi connectivity index (χ0v) is 11.4. The van der Waals surface area contributed by atoms with E-state index in [1.165, 1.54) is 32.1 Å². The van der Waals surface area contributed by atoms with E-state index < -0.39 is 0 Å². The maximum absolute atomic E-state index is 5.73. The van der Waals surface area contributed by atoms with Crippen molar-refractivity contribution in [2.75, 3.05) is 6.54 Å². The predicted octanol–water partition coefficient (Wildman–Crippen LogP) is 2.19. The summed E-state index contributed by atoms with van der Waals surface area (Å²) in [4.78, 5) is 0. The lowest BCUT2D eigenvalue weighted by Crippen LogP contribution is -2.45. The van der Waals surface area contributed by atoms with Crippen LogP contribution in [0.5, 0.6) is 0 Å². The van der Waals surface area contributed by atoms with Gasteiger partial charge in [-0.25, -0.2) is 0 Å². The van der Waals surface area contributed by atoms with Crippen LogP contribution in [-0.4, -0.2) is 16.7 Å². The van der Waals surface area contributed by atoms with E-state index in [1.807, 2.05) is 0 Å². The molecular formula is C15H23N3O. The topological polar surface area (TPSA) is 64.9 Å². The van der Waals surface area contributed by atoms with Crippen LogP contribution in [0.25, 0.3) is 0 Å². The minimum atomic E-state index is 0.583. The largest absolute Gasteiger partial charge is 0.425 e. The summed E-state index contributed by atoms with van der Waals surface area (Å²) in [6, 6.07) is 0. The highest BCUT2D eigenvalue weighted by molar-refractivity contribution is 5.00. The summed E-state index contributed by atoms with van der Waals surface area (Å²) in [7, 11) is 0. The van der Waals surface area contributed by atoms with Crippen molar-refractivity contribution in [2.45, 2.75) is 44.9 Å². The lowest BCUT2D eigenvalue weighted by Gasteiger charge is -2.54. The fraction of sp³-hybridized carbons (Fsp3) is 0.867. The minimum Gasteiger partial charge on any atom is -0.425 e. The number of nitrogens with two attached hydrogens (primary N) is 1. The predicted molar refractivity (Wildman–Crippen MR) is 71.3 cm³/mol. The summed E-state index contributed by atoms with van der Waals surface area (Å²) in [5.74, 6) is 6.30. The van der Waals surface area contributed by atoms with Gasteiger partial charge in [-0.3, -0.25) is 0 Å². The van der Waals surface area contributed by atoms with E-state index in [0.717, 1.165) is 41.9 Å². The molecule has 0 unspecified atom stereocenters. The summed E-state index contributed by atoms with van der Waals surface area (Å²) in [5.41, 5.74) is 5.52. The van der Waals surface area contributed by atoms with E-state index in [4.69, 9.17) is 10.2 Å². The molecule has 1 aromatic heterocycles. The number of hydrogen-bond donors (Lipinski definition) is 1. The SMILES string of the molecule is NCCc1nnc(CC2C3CC4CC(C3)CC2C4)o1. The molecule has 0 amide bonds. The second-order valence-corrected chi connectivity index (χ2v) is 6.93. The molecule has 0 saturated heterocycles. The fourth-order valence-electron chi connectivity index (χ4n) is 5.17. The van der Waals surface area contributed by atoms with Crippen LogP contribution in [0.4, 0.5) is 0 Å². The third-order valence-corrected chi connectivity index (χ3v) is 5.70. The zero-order chi connectivity index (χ0) is 12.8. The molecule has 1 aromatic rings. The van der Waals surface area contributed by atoms with Gasteiger partial charge in [0.25, 0.3) is 0 Å². The van der Waals surface area contributed by atoms with Crippen molar-refractivity contribution in [3.05, 3.63) is 11.8 Å². The van der Waals surface area contributed by atoms with Crippen LogP contribution in [0.3, 0.4) is 0 Å². The van der Waals surface area contributed by atoms with Crippen LogP contribution in [0, 0.1) is 29.6 Å². The first-order chi connectivity index (χ1) is 9.31. The monoisotopic (exact) mass is 261 g/mol. The van der Waals surface area contributed by atoms with Crippen molar-refractivity contribution < 1.29 is 4.42 Å². The Labute approximate surface area is 114 Å². The molecule has 4 nitrogen and oxygen atoms in total. The van der Waals surface area contributed by atoms with Gasteiger partial charge in [0.05, 0.1) is 0 Å². The highest BCUT2D eigenvalue weighted by Crippen LogP contribution is 2.57. The summed E-state index contributed by atoms with van der Waals surface area (Å²) in [6.07, 6.45) is 9.06. The molecule has 4 bridgehead atoms. The quantitative estimate of drug-likeness (QED) is 0.902. The second-order valence-electron chi connectivity index (χ2n) is 6.93. The Balaban J connectivity index is 1.47. The molecule has 4 aliphatic carbocycles. The van der Waals surface area contributed by atoms with Crippen molar-refractivity contribution in [3.63, 3.8) is 0 Å². The molecule has 0 spiro atoms. The Morgan fingerprint density at radius 3 is 2.21 bits per heavy atom. The van der Waals surface area contributed by atoms with Gasteiger partial charge in [-0.1, -0.05) is 0 Å². The summed E-state index contributed by atoms with van der Waals surface area (Å²) < 4.78 is 5.73. The highest BCUT2D eigenvalue weighted by Gasteiger charge is 2.48. The lowest BCUT2D eigenvalue weighted by atomic mass is 9.51. The van der Waals surface area contributed by atoms with E-state index in [-0.39, 0.29) is 0 Å². The molecule has 0 radical (unpaired) electrons. The van der Waals surface area contributed by atoms with Crippen molar-refractivity contribution in [2.24, 2.45) is 35.3 Å². The number of rotatable bonds is 4. The van der Waals surface area contributed by atoms with E-state index in [2.05, 4.69) is 10.2 Å². The Bertz CT molecular complexity index is 428. The van der Waals surface area contributed by atoms with Crippen LogP contribution >= 0.6 is 0 Å². The smallest absolute Gasteiger partial charge is 0.217 e. The van der Waals surface area contributed by atoms with Gasteiger partial charge in [-0.05, 0) is 61.7 Å². The van der Waals surface area contributed by atoms with Gasteiger partial charge in [-0.2, -0.15) is 0 Å². The number of hydrogen-bond acceptors (Lipinski definition) is 4. The van der Waals surface area contributed by atoms with Gasteiger partial charge in [0.15, 0.2) is 0 Å². The molecule has 4 saturated carbocycles. The average Bonchev–Trinajstić information content (AvgIpc) is 2.81. The molecule has 2 N–H and O–H groups in total. The Kier molecular flexibility index (Phi) is 2.87. The Hall–Kier alpha value is -0.900. The molecular weight excluding hydrogens is 238 g/mol. The van der Waals surface area contributed by atoms with Crippen molar-refractivity contribution in [3.8, 4) is 0 Å². The molecule has 4 fully saturated rings. The number of nitrogens with zero attached hydrogens (tertiary/aromatic N) is 2. The van der Waals surface area contributed by atoms with Crippen LogP contribution in [-0.2, 0) is 12.8 Å². The van der Waals surface area contributed by atoms with E-state index >= 15 is 0 Å². The molecule has 1 heterocycles. The highest BCUT2D eigenvalue weighted by atomic mass is 16.4. The normalized spacial score (nSPS) is 39.9. The Morgan fingerprint density at radius 1 is 0.947 bits per heavy atom. The summed E-state index contributed by atoms with van der Waals surface area (Å²) in [5, 5.41) is 8.31. The first kappa shape index (κ1) is 11.9. The van der Waals surface area contributed by atoms with Crippen molar-refractivity contribution in [1.82, 2.24) is 10.2 Å². The molecule has 19 heavy (non-hydrogen) atoms. The first-order valence-corrected chi connectivity index (χ1v) is 7.83. The van der Waals surface area contributed by atoms with Gasteiger partial charge in [0.1, 0.15) is 0 Å². The van der Waals surface area contributed by atoms with Gasteiger partial charge in [0.2, 0.25) is 11.8 Å². The molecule has 4 aliphatic rings. The molecule has 0 atom stereocenters. The van der Waals surface area contributed by atoms with Crippen LogP contribution < -0.4 is 5.73 Å². The van der Waals surface area contributed by atoms with Gasteiger partial charge in [-0.15, -0.1) is 10.2 Å². The van der Waals surface area contributed by atoms with Crippen LogP contribution in [0.2, 0.25) is 0 Å². The summed E-state index contributed by atoms with van der Waals surface area (Å²) in [6.45, 7) is 0.583. The van der Waals surface area contributed by atoms with E-state index in [1.54, 1.807) is 0 Å². The second kappa shape index (κ2) is 4.58. The Morgan fingerprint density at radius 2 is 1.58 bits per heavy atom. The van der Waals surface area contributed by atoms with E-state index in [0.29, 0.717) is 18.9 Å². The van der Waals surface area contributed by atoms with Crippen molar-refractivity contribution in [1.29, 1.82) is 0 Å². The fourth-order valence-corrected chi connectivity index (χ4v) is 5.17. The third kappa shape index (κ3) is 2.10. The molecule has 0 aliphatic heterocycles. The van der Waals surface area contributed by atoms with Crippen LogP contribution in [0.1, 0.15) is 43.9 Å². The standard InChI is InChI=1S/C15H23N3O/c16-2-1-14-17-18-15(19-14)8-13-11-4-9-3-10(6-11)7-12(13)5-9/h9-13H,1-8,16H2. The average molecular weight is 261 g/mol. The van der Waals surface area contributed by atoms with Crippen molar-refractivity contribution >= 4 is 0 Å². The summed E-state index contributed by atoms with van der Waals surface area (Å²) >= 11 is 0. The maximum Gasteiger partial charge on any atom is 0.217 e. The van der Waals surface area contributed by atoms with Gasteiger partial charge in [0, 0.05) is 19.4 Å². The minimum absolute atomic E-state index is 0.583. The molecule has 104 valence electrons. The molecule has 0 aromatic carbocycles.